The van der Waals surface area contributed by atoms with Crippen molar-refractivity contribution in [1.82, 2.24) is 0 Å². The van der Waals surface area contributed by atoms with E-state index in [1.807, 2.05) is 6.92 Å². The third-order valence-corrected chi connectivity index (χ3v) is 3.68. The van der Waals surface area contributed by atoms with Gasteiger partial charge in [0.05, 0.1) is 12.7 Å². The second kappa shape index (κ2) is 7.93. The molecule has 1 saturated carbocycles. The first-order valence-corrected chi connectivity index (χ1v) is 7.69. The standard InChI is InChI=1S/C17H24O3/c1-2-19-17(18)9-4-3-6-14-10-12-16(13-11-14)20-15-7-5-8-15/h10-13,15H,2-9H2,1H3. The van der Waals surface area contributed by atoms with Crippen molar-refractivity contribution in [1.29, 1.82) is 0 Å². The zero-order valence-corrected chi connectivity index (χ0v) is 12.3. The van der Waals surface area contributed by atoms with Gasteiger partial charge in [0.1, 0.15) is 5.75 Å². The van der Waals surface area contributed by atoms with E-state index in [2.05, 4.69) is 24.3 Å². The Bertz CT molecular complexity index is 407. The molecule has 0 heterocycles. The zero-order chi connectivity index (χ0) is 14.2. The molecule has 0 N–H and O–H groups in total. The lowest BCUT2D eigenvalue weighted by atomic mass is 9.96. The number of esters is 1. The van der Waals surface area contributed by atoms with Gasteiger partial charge in [0.25, 0.3) is 0 Å². The van der Waals surface area contributed by atoms with Gasteiger partial charge >= 0.3 is 5.97 Å². The van der Waals surface area contributed by atoms with Crippen LogP contribution in [0.15, 0.2) is 24.3 Å². The SMILES string of the molecule is CCOC(=O)CCCCc1ccc(OC2CCC2)cc1. The van der Waals surface area contributed by atoms with Gasteiger partial charge in [-0.2, -0.15) is 0 Å². The highest BCUT2D eigenvalue weighted by Gasteiger charge is 2.18. The maximum Gasteiger partial charge on any atom is 0.305 e. The first-order chi connectivity index (χ1) is 9.78. The smallest absolute Gasteiger partial charge is 0.305 e. The van der Waals surface area contributed by atoms with E-state index in [0.717, 1.165) is 25.0 Å². The fraction of sp³-hybridized carbons (Fsp3) is 0.588. The van der Waals surface area contributed by atoms with Gasteiger partial charge in [0.2, 0.25) is 0 Å². The Balaban J connectivity index is 1.64. The van der Waals surface area contributed by atoms with Crippen molar-refractivity contribution in [2.24, 2.45) is 0 Å². The van der Waals surface area contributed by atoms with E-state index in [9.17, 15) is 4.79 Å². The van der Waals surface area contributed by atoms with Crippen molar-refractivity contribution < 1.29 is 14.3 Å². The van der Waals surface area contributed by atoms with Crippen molar-refractivity contribution in [2.45, 2.75) is 58.0 Å². The third-order valence-electron chi connectivity index (χ3n) is 3.68. The molecule has 0 amide bonds. The summed E-state index contributed by atoms with van der Waals surface area (Å²) in [6.07, 6.45) is 7.54. The van der Waals surface area contributed by atoms with Gasteiger partial charge in [-0.3, -0.25) is 4.79 Å². The van der Waals surface area contributed by atoms with E-state index in [1.54, 1.807) is 0 Å². The Morgan fingerprint density at radius 3 is 2.55 bits per heavy atom. The molecule has 1 aromatic rings. The predicted octanol–water partition coefficient (Wildman–Crippen LogP) is 3.89. The number of aryl methyl sites for hydroxylation is 1. The molecule has 3 heteroatoms. The summed E-state index contributed by atoms with van der Waals surface area (Å²) in [4.78, 5) is 11.2. The summed E-state index contributed by atoms with van der Waals surface area (Å²) in [7, 11) is 0. The van der Waals surface area contributed by atoms with Crippen molar-refractivity contribution in [2.75, 3.05) is 6.61 Å². The summed E-state index contributed by atoms with van der Waals surface area (Å²) in [5.41, 5.74) is 1.30. The van der Waals surface area contributed by atoms with Crippen molar-refractivity contribution in [3.05, 3.63) is 29.8 Å². The molecule has 110 valence electrons. The van der Waals surface area contributed by atoms with Crippen LogP contribution in [0.5, 0.6) is 5.75 Å². The first kappa shape index (κ1) is 14.9. The van der Waals surface area contributed by atoms with E-state index < -0.39 is 0 Å². The molecule has 0 unspecified atom stereocenters. The van der Waals surface area contributed by atoms with Gasteiger partial charge in [0, 0.05) is 6.42 Å². The fourth-order valence-corrected chi connectivity index (χ4v) is 2.25. The zero-order valence-electron chi connectivity index (χ0n) is 12.3. The van der Waals surface area contributed by atoms with Crippen LogP contribution in [-0.2, 0) is 16.0 Å². The maximum atomic E-state index is 11.2. The monoisotopic (exact) mass is 276 g/mol. The van der Waals surface area contributed by atoms with Gasteiger partial charge in [-0.25, -0.2) is 0 Å². The van der Waals surface area contributed by atoms with E-state index in [-0.39, 0.29) is 5.97 Å². The molecule has 1 aliphatic rings. The van der Waals surface area contributed by atoms with E-state index in [4.69, 9.17) is 9.47 Å². The summed E-state index contributed by atoms with van der Waals surface area (Å²) < 4.78 is 10.7. The molecule has 0 atom stereocenters. The average molecular weight is 276 g/mol. The van der Waals surface area contributed by atoms with Crippen molar-refractivity contribution in [3.63, 3.8) is 0 Å². The van der Waals surface area contributed by atoms with Crippen LogP contribution in [-0.4, -0.2) is 18.7 Å². The molecule has 3 nitrogen and oxygen atoms in total. The molecule has 0 saturated heterocycles. The number of hydrogen-bond donors (Lipinski definition) is 0. The Hall–Kier alpha value is -1.51. The lowest BCUT2D eigenvalue weighted by molar-refractivity contribution is -0.143. The number of hydrogen-bond acceptors (Lipinski definition) is 3. The number of benzene rings is 1. The summed E-state index contributed by atoms with van der Waals surface area (Å²) in [6, 6.07) is 8.36. The molecular formula is C17H24O3. The minimum Gasteiger partial charge on any atom is -0.490 e. The summed E-state index contributed by atoms with van der Waals surface area (Å²) >= 11 is 0. The Labute approximate surface area is 121 Å². The second-order valence-electron chi connectivity index (χ2n) is 5.33. The fourth-order valence-electron chi connectivity index (χ4n) is 2.25. The van der Waals surface area contributed by atoms with Crippen LogP contribution in [0.25, 0.3) is 0 Å². The van der Waals surface area contributed by atoms with E-state index >= 15 is 0 Å². The Morgan fingerprint density at radius 2 is 1.95 bits per heavy atom. The molecule has 0 spiro atoms. The highest BCUT2D eigenvalue weighted by atomic mass is 16.5. The largest absolute Gasteiger partial charge is 0.490 e. The number of carbonyl (C=O) groups is 1. The normalized spacial score (nSPS) is 14.7. The topological polar surface area (TPSA) is 35.5 Å². The van der Waals surface area contributed by atoms with Gasteiger partial charge in [0.15, 0.2) is 0 Å². The minimum absolute atomic E-state index is 0.0863. The molecule has 20 heavy (non-hydrogen) atoms. The maximum absolute atomic E-state index is 11.2. The van der Waals surface area contributed by atoms with Crippen LogP contribution in [0.4, 0.5) is 0 Å². The lowest BCUT2D eigenvalue weighted by Gasteiger charge is -2.26. The highest BCUT2D eigenvalue weighted by Crippen LogP contribution is 2.25. The van der Waals surface area contributed by atoms with Crippen LogP contribution in [0.2, 0.25) is 0 Å². The summed E-state index contributed by atoms with van der Waals surface area (Å²) in [5.74, 6) is 0.890. The minimum atomic E-state index is -0.0863. The first-order valence-electron chi connectivity index (χ1n) is 7.69. The van der Waals surface area contributed by atoms with E-state index in [1.165, 1.54) is 24.8 Å². The van der Waals surface area contributed by atoms with Gasteiger partial charge < -0.3 is 9.47 Å². The molecule has 0 aliphatic heterocycles. The summed E-state index contributed by atoms with van der Waals surface area (Å²) in [6.45, 7) is 2.31. The van der Waals surface area contributed by atoms with Crippen LogP contribution < -0.4 is 4.74 Å². The average Bonchev–Trinajstić information content (AvgIpc) is 2.41. The predicted molar refractivity (Wildman–Crippen MR) is 78.9 cm³/mol. The quantitative estimate of drug-likeness (QED) is 0.533. The lowest BCUT2D eigenvalue weighted by Crippen LogP contribution is -2.24. The number of ether oxygens (including phenoxy) is 2. The summed E-state index contributed by atoms with van der Waals surface area (Å²) in [5, 5.41) is 0. The molecular weight excluding hydrogens is 252 g/mol. The molecule has 2 rings (SSSR count). The van der Waals surface area contributed by atoms with Crippen LogP contribution in [0, 0.1) is 0 Å². The molecule has 0 bridgehead atoms. The number of rotatable bonds is 8. The van der Waals surface area contributed by atoms with Crippen molar-refractivity contribution >= 4 is 5.97 Å². The van der Waals surface area contributed by atoms with Crippen LogP contribution in [0.3, 0.4) is 0 Å². The van der Waals surface area contributed by atoms with Crippen LogP contribution >= 0.6 is 0 Å². The van der Waals surface area contributed by atoms with Crippen LogP contribution in [0.1, 0.15) is 51.0 Å². The number of carbonyl (C=O) groups excluding carboxylic acids is 1. The van der Waals surface area contributed by atoms with Gasteiger partial charge in [-0.1, -0.05) is 12.1 Å². The van der Waals surface area contributed by atoms with Crippen molar-refractivity contribution in [3.8, 4) is 5.75 Å². The number of unbranched alkanes of at least 4 members (excludes halogenated alkanes) is 1. The second-order valence-corrected chi connectivity index (χ2v) is 5.33. The Morgan fingerprint density at radius 1 is 1.20 bits per heavy atom. The van der Waals surface area contributed by atoms with E-state index in [0.29, 0.717) is 19.1 Å². The molecule has 0 aromatic heterocycles. The molecule has 0 radical (unpaired) electrons. The molecule has 1 aliphatic carbocycles. The highest BCUT2D eigenvalue weighted by molar-refractivity contribution is 5.69. The molecule has 1 aromatic carbocycles. The third kappa shape index (κ3) is 4.87. The molecule has 1 fully saturated rings. The Kier molecular flexibility index (Phi) is 5.90. The van der Waals surface area contributed by atoms with Gasteiger partial charge in [-0.05, 0) is 63.1 Å². The van der Waals surface area contributed by atoms with Gasteiger partial charge in [-0.15, -0.1) is 0 Å².